The van der Waals surface area contributed by atoms with Gasteiger partial charge in [0.25, 0.3) is 0 Å². The van der Waals surface area contributed by atoms with E-state index in [4.69, 9.17) is 9.47 Å². The van der Waals surface area contributed by atoms with Crippen molar-refractivity contribution < 1.29 is 18.7 Å². The molecule has 0 saturated heterocycles. The maximum absolute atomic E-state index is 13.6. The maximum Gasteiger partial charge on any atom is 0.310 e. The fourth-order valence-corrected chi connectivity index (χ4v) is 1.79. The number of hydrogen-bond acceptors (Lipinski definition) is 3. The summed E-state index contributed by atoms with van der Waals surface area (Å²) in [5, 5.41) is 0. The summed E-state index contributed by atoms with van der Waals surface area (Å²) in [6, 6.07) is 7.16. The highest BCUT2D eigenvalue weighted by molar-refractivity contribution is 5.73. The van der Waals surface area contributed by atoms with Crippen LogP contribution in [0.2, 0.25) is 0 Å². The summed E-state index contributed by atoms with van der Waals surface area (Å²) >= 11 is 0. The SMILES string of the molecule is C=C/C(COc1ccccc1CC(=O)OCC)=C(/F)CC. The number of rotatable bonds is 8. The number of hydrogen-bond donors (Lipinski definition) is 0. The van der Waals surface area contributed by atoms with Crippen molar-refractivity contribution in [2.45, 2.75) is 26.7 Å². The molecule has 0 fully saturated rings. The second-order valence-corrected chi connectivity index (χ2v) is 4.37. The van der Waals surface area contributed by atoms with Gasteiger partial charge in [0.1, 0.15) is 18.2 Å². The van der Waals surface area contributed by atoms with Crippen molar-refractivity contribution >= 4 is 5.97 Å². The standard InChI is InChI=1S/C17H21FO3/c1-4-13(15(18)5-2)12-21-16-10-8-7-9-14(16)11-17(19)20-6-3/h4,7-10H,1,5-6,11-12H2,2-3H3/b15-13-. The zero-order chi connectivity index (χ0) is 15.7. The topological polar surface area (TPSA) is 35.5 Å². The summed E-state index contributed by atoms with van der Waals surface area (Å²) in [4.78, 5) is 11.6. The molecule has 0 radical (unpaired) electrons. The molecule has 0 bridgehead atoms. The van der Waals surface area contributed by atoms with Crippen molar-refractivity contribution in [3.8, 4) is 5.75 Å². The first kappa shape index (κ1) is 17.0. The molecule has 0 amide bonds. The van der Waals surface area contributed by atoms with Gasteiger partial charge in [0.2, 0.25) is 0 Å². The second-order valence-electron chi connectivity index (χ2n) is 4.37. The van der Waals surface area contributed by atoms with E-state index in [0.717, 1.165) is 5.56 Å². The van der Waals surface area contributed by atoms with Gasteiger partial charge in [-0.3, -0.25) is 4.79 Å². The van der Waals surface area contributed by atoms with Gasteiger partial charge < -0.3 is 9.47 Å². The molecule has 3 nitrogen and oxygen atoms in total. The molecule has 0 aliphatic carbocycles. The van der Waals surface area contributed by atoms with Crippen LogP contribution in [0.3, 0.4) is 0 Å². The smallest absolute Gasteiger partial charge is 0.310 e. The summed E-state index contributed by atoms with van der Waals surface area (Å²) in [6.07, 6.45) is 1.88. The number of halogens is 1. The molecule has 0 aliphatic rings. The van der Waals surface area contributed by atoms with Gasteiger partial charge in [0, 0.05) is 11.1 Å². The van der Waals surface area contributed by atoms with Crippen LogP contribution < -0.4 is 4.74 Å². The molecule has 0 N–H and O–H groups in total. The molecule has 1 rings (SSSR count). The Labute approximate surface area is 125 Å². The Morgan fingerprint density at radius 2 is 2.05 bits per heavy atom. The Morgan fingerprint density at radius 1 is 1.33 bits per heavy atom. The number of para-hydroxylation sites is 1. The number of allylic oxidation sites excluding steroid dienone is 1. The van der Waals surface area contributed by atoms with Gasteiger partial charge >= 0.3 is 5.97 Å². The van der Waals surface area contributed by atoms with Crippen LogP contribution in [0, 0.1) is 0 Å². The summed E-state index contributed by atoms with van der Waals surface area (Å²) in [7, 11) is 0. The highest BCUT2D eigenvalue weighted by atomic mass is 19.1. The minimum absolute atomic E-state index is 0.0863. The number of carbonyl (C=O) groups excluding carboxylic acids is 1. The van der Waals surface area contributed by atoms with Crippen molar-refractivity contribution in [3.05, 3.63) is 53.9 Å². The minimum Gasteiger partial charge on any atom is -0.489 e. The fourth-order valence-electron chi connectivity index (χ4n) is 1.79. The van der Waals surface area contributed by atoms with E-state index in [1.165, 1.54) is 6.08 Å². The molecule has 1 aromatic carbocycles. The van der Waals surface area contributed by atoms with Crippen molar-refractivity contribution in [3.63, 3.8) is 0 Å². The maximum atomic E-state index is 13.6. The fraction of sp³-hybridized carbons (Fsp3) is 0.353. The van der Waals surface area contributed by atoms with Crippen LogP contribution in [0.15, 0.2) is 48.3 Å². The third-order valence-electron chi connectivity index (χ3n) is 2.90. The molecule has 21 heavy (non-hydrogen) atoms. The van der Waals surface area contributed by atoms with Gasteiger partial charge in [0.15, 0.2) is 0 Å². The molecular weight excluding hydrogens is 271 g/mol. The molecule has 1 aromatic rings. The second kappa shape index (κ2) is 8.95. The van der Waals surface area contributed by atoms with Crippen LogP contribution in [0.25, 0.3) is 0 Å². The predicted molar refractivity (Wildman–Crippen MR) is 80.9 cm³/mol. The van der Waals surface area contributed by atoms with E-state index in [1.807, 2.05) is 6.07 Å². The average Bonchev–Trinajstić information content (AvgIpc) is 2.49. The molecular formula is C17H21FO3. The van der Waals surface area contributed by atoms with Crippen LogP contribution in [-0.4, -0.2) is 19.2 Å². The first-order chi connectivity index (χ1) is 10.1. The molecule has 0 spiro atoms. The van der Waals surface area contributed by atoms with Gasteiger partial charge in [-0.15, -0.1) is 0 Å². The van der Waals surface area contributed by atoms with Crippen molar-refractivity contribution in [2.24, 2.45) is 0 Å². The molecule has 4 heteroatoms. The molecule has 0 unspecified atom stereocenters. The van der Waals surface area contributed by atoms with Gasteiger partial charge in [-0.1, -0.05) is 37.8 Å². The van der Waals surface area contributed by atoms with E-state index in [2.05, 4.69) is 6.58 Å². The van der Waals surface area contributed by atoms with Gasteiger partial charge in [-0.2, -0.15) is 0 Å². The van der Waals surface area contributed by atoms with Crippen LogP contribution in [0.1, 0.15) is 25.8 Å². The van der Waals surface area contributed by atoms with Crippen LogP contribution in [0.4, 0.5) is 4.39 Å². The van der Waals surface area contributed by atoms with E-state index in [1.54, 1.807) is 32.0 Å². The summed E-state index contributed by atoms with van der Waals surface area (Å²) in [6.45, 7) is 7.50. The van der Waals surface area contributed by atoms with E-state index in [0.29, 0.717) is 24.4 Å². The summed E-state index contributed by atoms with van der Waals surface area (Å²) in [5.74, 6) is -0.00513. The lowest BCUT2D eigenvalue weighted by Crippen LogP contribution is -2.10. The van der Waals surface area contributed by atoms with Crippen LogP contribution in [0.5, 0.6) is 5.75 Å². The first-order valence-electron chi connectivity index (χ1n) is 6.98. The lowest BCUT2D eigenvalue weighted by molar-refractivity contribution is -0.142. The van der Waals surface area contributed by atoms with E-state index >= 15 is 0 Å². The van der Waals surface area contributed by atoms with Crippen LogP contribution >= 0.6 is 0 Å². The zero-order valence-corrected chi connectivity index (χ0v) is 12.5. The normalized spacial score (nSPS) is 11.6. The summed E-state index contributed by atoms with van der Waals surface area (Å²) < 4.78 is 24.1. The predicted octanol–water partition coefficient (Wildman–Crippen LogP) is 3.99. The largest absolute Gasteiger partial charge is 0.489 e. The Bertz CT molecular complexity index is 521. The Hall–Kier alpha value is -2.10. The molecule has 0 aromatic heterocycles. The molecule has 0 saturated carbocycles. The number of ether oxygens (including phenoxy) is 2. The third kappa shape index (κ3) is 5.42. The van der Waals surface area contributed by atoms with E-state index in [9.17, 15) is 9.18 Å². The van der Waals surface area contributed by atoms with Gasteiger partial charge in [-0.05, 0) is 19.4 Å². The van der Waals surface area contributed by atoms with Crippen molar-refractivity contribution in [1.82, 2.24) is 0 Å². The molecule has 114 valence electrons. The molecule has 0 atom stereocenters. The van der Waals surface area contributed by atoms with Crippen molar-refractivity contribution in [2.75, 3.05) is 13.2 Å². The molecule has 0 aliphatic heterocycles. The zero-order valence-electron chi connectivity index (χ0n) is 12.5. The Morgan fingerprint density at radius 3 is 2.67 bits per heavy atom. The minimum atomic E-state index is -0.312. The average molecular weight is 292 g/mol. The Balaban J connectivity index is 2.80. The Kier molecular flexibility index (Phi) is 7.23. The van der Waals surface area contributed by atoms with Crippen LogP contribution in [-0.2, 0) is 16.0 Å². The monoisotopic (exact) mass is 292 g/mol. The first-order valence-corrected chi connectivity index (χ1v) is 6.98. The van der Waals surface area contributed by atoms with E-state index in [-0.39, 0.29) is 24.8 Å². The van der Waals surface area contributed by atoms with E-state index < -0.39 is 0 Å². The van der Waals surface area contributed by atoms with Gasteiger partial charge in [-0.25, -0.2) is 4.39 Å². The van der Waals surface area contributed by atoms with Crippen molar-refractivity contribution in [1.29, 1.82) is 0 Å². The lowest BCUT2D eigenvalue weighted by atomic mass is 10.1. The lowest BCUT2D eigenvalue weighted by Gasteiger charge is -2.12. The number of benzene rings is 1. The third-order valence-corrected chi connectivity index (χ3v) is 2.90. The quantitative estimate of drug-likeness (QED) is 0.537. The summed E-state index contributed by atoms with van der Waals surface area (Å²) in [5.41, 5.74) is 1.14. The molecule has 0 heterocycles. The van der Waals surface area contributed by atoms with Gasteiger partial charge in [0.05, 0.1) is 13.0 Å². The number of carbonyl (C=O) groups is 1. The number of esters is 1. The highest BCUT2D eigenvalue weighted by Crippen LogP contribution is 2.21. The highest BCUT2D eigenvalue weighted by Gasteiger charge is 2.10.